The predicted octanol–water partition coefficient (Wildman–Crippen LogP) is 5.77. The molecule has 3 fully saturated rings. The molecule has 0 bridgehead atoms. The van der Waals surface area contributed by atoms with Gasteiger partial charge in [-0.25, -0.2) is 0 Å². The Labute approximate surface area is 239 Å². The first-order chi connectivity index (χ1) is 19.0. The molecule has 0 aliphatic carbocycles. The molecule has 3 saturated heterocycles. The minimum absolute atomic E-state index is 0.0376. The lowest BCUT2D eigenvalue weighted by atomic mass is 10.1. The molecular weight excluding hydrogens is 545 g/mol. The fourth-order valence-electron chi connectivity index (χ4n) is 4.85. The summed E-state index contributed by atoms with van der Waals surface area (Å²) in [7, 11) is -4.09. The van der Waals surface area contributed by atoms with Gasteiger partial charge in [0.1, 0.15) is 11.5 Å². The Balaban J connectivity index is 1.41. The second kappa shape index (κ2) is 11.8. The molecule has 2 aromatic rings. The van der Waals surface area contributed by atoms with Crippen molar-refractivity contribution in [3.8, 4) is 22.8 Å². The maximum atomic E-state index is 13.4. The topological polar surface area (TPSA) is 90.4 Å². The zero-order chi connectivity index (χ0) is 28.5. The van der Waals surface area contributed by atoms with Crippen LogP contribution in [0.3, 0.4) is 0 Å². The highest BCUT2D eigenvalue weighted by Crippen LogP contribution is 2.52. The number of aromatic nitrogens is 1. The van der Waals surface area contributed by atoms with E-state index in [0.29, 0.717) is 37.6 Å². The third kappa shape index (κ3) is 6.20. The van der Waals surface area contributed by atoms with E-state index in [4.69, 9.17) is 18.0 Å². The van der Waals surface area contributed by atoms with Gasteiger partial charge in [0.25, 0.3) is 11.8 Å². The molecule has 40 heavy (non-hydrogen) atoms. The standard InChI is InChI=1S/C29H40N3O6PSi/c1-29(2,3)40(4,5)38-21-13-14-24(22(20-21)23-12-6-7-15-30-23)35-39-36-25(27(33)31-16-8-9-17-31)26(37-39)28(34)32-18-10-11-19-32/h6-7,12-15,20,25-26H,8-11,16-19H2,1-5H3/t25-,26-/m1/s1. The van der Waals surface area contributed by atoms with Crippen LogP contribution in [-0.4, -0.2) is 73.3 Å². The van der Waals surface area contributed by atoms with E-state index in [2.05, 4.69) is 38.8 Å². The smallest absolute Gasteiger partial charge is 0.399 e. The lowest BCUT2D eigenvalue weighted by molar-refractivity contribution is -0.147. The molecule has 0 radical (unpaired) electrons. The van der Waals surface area contributed by atoms with Gasteiger partial charge in [-0.3, -0.25) is 23.6 Å². The molecule has 0 N–H and O–H groups in total. The van der Waals surface area contributed by atoms with Crippen molar-refractivity contribution in [3.63, 3.8) is 0 Å². The average Bonchev–Trinajstić information content (AvgIpc) is 3.71. The molecule has 3 aliphatic heterocycles. The molecule has 216 valence electrons. The van der Waals surface area contributed by atoms with Crippen LogP contribution < -0.4 is 8.95 Å². The van der Waals surface area contributed by atoms with Gasteiger partial charge in [-0.05, 0) is 74.1 Å². The number of rotatable bonds is 7. The molecule has 2 amide bonds. The number of likely N-dealkylation sites (tertiary alicyclic amines) is 2. The van der Waals surface area contributed by atoms with Crippen LogP contribution >= 0.6 is 8.60 Å². The number of amides is 2. The summed E-state index contributed by atoms with van der Waals surface area (Å²) in [6.45, 7) is 13.7. The van der Waals surface area contributed by atoms with Crippen molar-refractivity contribution in [2.24, 2.45) is 0 Å². The van der Waals surface area contributed by atoms with Crippen LogP contribution in [-0.2, 0) is 18.6 Å². The van der Waals surface area contributed by atoms with Gasteiger partial charge in [0.15, 0.2) is 12.2 Å². The van der Waals surface area contributed by atoms with E-state index in [1.807, 2.05) is 36.4 Å². The second-order valence-electron chi connectivity index (χ2n) is 12.2. The number of nitrogens with zero attached hydrogens (tertiary/aromatic N) is 3. The zero-order valence-electron chi connectivity index (χ0n) is 24.1. The van der Waals surface area contributed by atoms with Gasteiger partial charge < -0.3 is 18.7 Å². The molecule has 0 saturated carbocycles. The van der Waals surface area contributed by atoms with Gasteiger partial charge in [0.2, 0.25) is 8.32 Å². The van der Waals surface area contributed by atoms with Crippen molar-refractivity contribution in [1.29, 1.82) is 0 Å². The number of hydrogen-bond donors (Lipinski definition) is 0. The lowest BCUT2D eigenvalue weighted by Crippen LogP contribution is -2.49. The third-order valence-electron chi connectivity index (χ3n) is 8.24. The Bertz CT molecular complexity index is 1180. The van der Waals surface area contributed by atoms with Gasteiger partial charge in [0, 0.05) is 37.9 Å². The molecule has 11 heteroatoms. The van der Waals surface area contributed by atoms with Crippen molar-refractivity contribution in [1.82, 2.24) is 14.8 Å². The first-order valence-corrected chi connectivity index (χ1v) is 18.2. The van der Waals surface area contributed by atoms with Crippen molar-refractivity contribution < 1.29 is 27.6 Å². The highest BCUT2D eigenvalue weighted by atomic mass is 31.2. The fraction of sp³-hybridized carbons (Fsp3) is 0.552. The predicted molar refractivity (Wildman–Crippen MR) is 156 cm³/mol. The molecule has 1 aromatic carbocycles. The summed E-state index contributed by atoms with van der Waals surface area (Å²) < 4.78 is 25.1. The maximum absolute atomic E-state index is 13.4. The molecular formula is C29H40N3O6PSi. The van der Waals surface area contributed by atoms with Crippen LogP contribution in [0.4, 0.5) is 0 Å². The summed E-state index contributed by atoms with van der Waals surface area (Å²) in [5.41, 5.74) is 1.44. The van der Waals surface area contributed by atoms with Crippen LogP contribution in [0.1, 0.15) is 46.5 Å². The summed E-state index contributed by atoms with van der Waals surface area (Å²) in [5.74, 6) is 0.831. The third-order valence-corrected chi connectivity index (χ3v) is 13.7. The van der Waals surface area contributed by atoms with E-state index in [9.17, 15) is 9.59 Å². The molecule has 0 unspecified atom stereocenters. The molecule has 0 spiro atoms. The summed E-state index contributed by atoms with van der Waals surface area (Å²) in [4.78, 5) is 34.9. The summed E-state index contributed by atoms with van der Waals surface area (Å²) in [6.07, 6.45) is 3.49. The number of carbonyl (C=O) groups excluding carboxylic acids is 2. The molecule has 5 rings (SSSR count). The summed E-state index contributed by atoms with van der Waals surface area (Å²) in [5, 5.41) is 0.0376. The van der Waals surface area contributed by atoms with Crippen LogP contribution in [0.25, 0.3) is 11.3 Å². The van der Waals surface area contributed by atoms with Crippen LogP contribution in [0.5, 0.6) is 11.5 Å². The van der Waals surface area contributed by atoms with E-state index in [1.54, 1.807) is 16.0 Å². The minimum Gasteiger partial charge on any atom is -0.543 e. The van der Waals surface area contributed by atoms with E-state index in [1.165, 1.54) is 0 Å². The zero-order valence-corrected chi connectivity index (χ0v) is 26.0. The molecule has 9 nitrogen and oxygen atoms in total. The summed E-state index contributed by atoms with van der Waals surface area (Å²) >= 11 is 0. The molecule has 3 aliphatic rings. The fourth-order valence-corrected chi connectivity index (χ4v) is 7.10. The maximum Gasteiger partial charge on any atom is 0.399 e. The van der Waals surface area contributed by atoms with Gasteiger partial charge in [-0.1, -0.05) is 26.8 Å². The van der Waals surface area contributed by atoms with Gasteiger partial charge in [0.05, 0.1) is 5.69 Å². The van der Waals surface area contributed by atoms with Gasteiger partial charge >= 0.3 is 8.60 Å². The minimum atomic E-state index is -2.08. The SMILES string of the molecule is CC(C)(C)[Si](C)(C)Oc1ccc(OP2O[C@@H](C(=O)N3CCCC3)[C@H](C(=O)N3CCCC3)O2)c(-c2ccccn2)c1. The Morgan fingerprint density at radius 2 is 1.50 bits per heavy atom. The quantitative estimate of drug-likeness (QED) is 0.301. The number of hydrogen-bond acceptors (Lipinski definition) is 7. The van der Waals surface area contributed by atoms with Crippen molar-refractivity contribution >= 4 is 28.7 Å². The Hall–Kier alpha value is -2.52. The number of carbonyl (C=O) groups is 2. The monoisotopic (exact) mass is 585 g/mol. The Morgan fingerprint density at radius 3 is 2.00 bits per heavy atom. The van der Waals surface area contributed by atoms with E-state index < -0.39 is 29.1 Å². The van der Waals surface area contributed by atoms with E-state index in [-0.39, 0.29) is 16.9 Å². The van der Waals surface area contributed by atoms with Crippen LogP contribution in [0.2, 0.25) is 18.1 Å². The van der Waals surface area contributed by atoms with Gasteiger partial charge in [-0.2, -0.15) is 0 Å². The number of benzene rings is 1. The van der Waals surface area contributed by atoms with Crippen molar-refractivity contribution in [3.05, 3.63) is 42.6 Å². The second-order valence-corrected chi connectivity index (χ2v) is 17.9. The van der Waals surface area contributed by atoms with Crippen molar-refractivity contribution in [2.45, 2.75) is 76.8 Å². The lowest BCUT2D eigenvalue weighted by Gasteiger charge is -2.36. The number of pyridine rings is 1. The van der Waals surface area contributed by atoms with E-state index in [0.717, 1.165) is 37.0 Å². The first-order valence-electron chi connectivity index (χ1n) is 14.2. The normalized spacial score (nSPS) is 22.1. The average molecular weight is 586 g/mol. The largest absolute Gasteiger partial charge is 0.543 e. The Kier molecular flexibility index (Phi) is 8.52. The molecule has 1 aromatic heterocycles. The first kappa shape index (κ1) is 29.0. The summed E-state index contributed by atoms with van der Waals surface area (Å²) in [6, 6.07) is 11.3. The highest BCUT2D eigenvalue weighted by molar-refractivity contribution is 7.42. The van der Waals surface area contributed by atoms with Crippen LogP contribution in [0.15, 0.2) is 42.6 Å². The molecule has 2 atom stereocenters. The molecule has 4 heterocycles. The van der Waals surface area contributed by atoms with Crippen molar-refractivity contribution in [2.75, 3.05) is 26.2 Å². The highest BCUT2D eigenvalue weighted by Gasteiger charge is 2.51. The van der Waals surface area contributed by atoms with Crippen LogP contribution in [0, 0.1) is 0 Å². The van der Waals surface area contributed by atoms with Gasteiger partial charge in [-0.15, -0.1) is 0 Å². The Morgan fingerprint density at radius 1 is 0.925 bits per heavy atom. The van der Waals surface area contributed by atoms with E-state index >= 15 is 0 Å².